The first kappa shape index (κ1) is 20.9. The van der Waals surface area contributed by atoms with Crippen molar-refractivity contribution in [2.24, 2.45) is 0 Å². The van der Waals surface area contributed by atoms with Crippen molar-refractivity contribution in [2.45, 2.75) is 0 Å². The van der Waals surface area contributed by atoms with E-state index in [-0.39, 0.29) is 11.1 Å². The van der Waals surface area contributed by atoms with E-state index in [0.717, 1.165) is 16.7 Å². The fraction of sp³-hybridized carbons (Fsp3) is 0.286. The Balaban J connectivity index is 1.47. The normalized spacial score (nSPS) is 13.9. The van der Waals surface area contributed by atoms with Gasteiger partial charge in [-0.25, -0.2) is 19.2 Å². The van der Waals surface area contributed by atoms with Gasteiger partial charge in [-0.1, -0.05) is 11.6 Å². The smallest absolute Gasteiger partial charge is 0.321 e. The van der Waals surface area contributed by atoms with E-state index in [2.05, 4.69) is 20.2 Å². The van der Waals surface area contributed by atoms with Crippen LogP contribution in [0.4, 0.5) is 20.7 Å². The largest absolute Gasteiger partial charge is 0.493 e. The van der Waals surface area contributed by atoms with Crippen molar-refractivity contribution >= 4 is 40.0 Å². The molecule has 162 valence electrons. The highest BCUT2D eigenvalue weighted by molar-refractivity contribution is 6.31. The molecule has 3 aromatic rings. The highest BCUT2D eigenvalue weighted by atomic mass is 35.5. The Kier molecular flexibility index (Phi) is 5.94. The van der Waals surface area contributed by atoms with Gasteiger partial charge < -0.3 is 24.6 Å². The van der Waals surface area contributed by atoms with Crippen molar-refractivity contribution in [1.29, 1.82) is 0 Å². The molecule has 1 aromatic heterocycles. The van der Waals surface area contributed by atoms with E-state index in [9.17, 15) is 9.18 Å². The number of carbonyl (C=O) groups excluding carboxylic acids is 1. The number of anilines is 2. The lowest BCUT2D eigenvalue weighted by atomic mass is 10.2. The molecule has 0 bridgehead atoms. The van der Waals surface area contributed by atoms with Crippen LogP contribution in [0.15, 0.2) is 36.7 Å². The summed E-state index contributed by atoms with van der Waals surface area (Å²) in [5.41, 5.74) is 1.19. The Morgan fingerprint density at radius 2 is 1.77 bits per heavy atom. The first-order valence-corrected chi connectivity index (χ1v) is 10.0. The van der Waals surface area contributed by atoms with Crippen LogP contribution in [-0.2, 0) is 0 Å². The Labute approximate surface area is 183 Å². The second-order valence-electron chi connectivity index (χ2n) is 6.95. The monoisotopic (exact) mass is 445 g/mol. The minimum absolute atomic E-state index is 0.0367. The number of ether oxygens (including phenoxy) is 2. The van der Waals surface area contributed by atoms with E-state index >= 15 is 0 Å². The molecular formula is C21H21ClFN5O3. The van der Waals surface area contributed by atoms with Gasteiger partial charge in [0.2, 0.25) is 0 Å². The number of nitrogens with zero attached hydrogens (tertiary/aromatic N) is 4. The third-order valence-electron chi connectivity index (χ3n) is 5.16. The zero-order chi connectivity index (χ0) is 22.0. The Hall–Kier alpha value is -3.33. The molecule has 1 saturated heterocycles. The maximum atomic E-state index is 13.3. The Morgan fingerprint density at radius 1 is 1.06 bits per heavy atom. The van der Waals surface area contributed by atoms with Crippen molar-refractivity contribution < 1.29 is 18.7 Å². The third kappa shape index (κ3) is 4.27. The topological polar surface area (TPSA) is 79.8 Å². The van der Waals surface area contributed by atoms with Gasteiger partial charge in [0.05, 0.1) is 24.8 Å². The summed E-state index contributed by atoms with van der Waals surface area (Å²) in [6.45, 7) is 2.19. The van der Waals surface area contributed by atoms with Crippen molar-refractivity contribution in [3.05, 3.63) is 47.5 Å². The second-order valence-corrected chi connectivity index (χ2v) is 7.36. The van der Waals surface area contributed by atoms with Crippen LogP contribution in [-0.4, -0.2) is 61.3 Å². The maximum absolute atomic E-state index is 13.3. The van der Waals surface area contributed by atoms with Crippen molar-refractivity contribution in [3.63, 3.8) is 0 Å². The number of carbonyl (C=O) groups is 1. The first-order chi connectivity index (χ1) is 15.0. The lowest BCUT2D eigenvalue weighted by molar-refractivity contribution is 0.208. The highest BCUT2D eigenvalue weighted by Gasteiger charge is 2.24. The quantitative estimate of drug-likeness (QED) is 0.658. The molecule has 2 amide bonds. The van der Waals surface area contributed by atoms with Gasteiger partial charge in [-0.05, 0) is 24.3 Å². The first-order valence-electron chi connectivity index (χ1n) is 9.63. The van der Waals surface area contributed by atoms with Crippen LogP contribution in [0.25, 0.3) is 10.9 Å². The number of amides is 2. The lowest BCUT2D eigenvalue weighted by Crippen LogP contribution is -2.50. The molecule has 0 spiro atoms. The van der Waals surface area contributed by atoms with E-state index in [1.807, 2.05) is 12.1 Å². The molecule has 1 aliphatic heterocycles. The number of hydrogen-bond donors (Lipinski definition) is 1. The molecule has 2 heterocycles. The third-order valence-corrected chi connectivity index (χ3v) is 5.45. The fourth-order valence-electron chi connectivity index (χ4n) is 3.52. The summed E-state index contributed by atoms with van der Waals surface area (Å²) >= 11 is 5.78. The molecule has 10 heteroatoms. The van der Waals surface area contributed by atoms with Gasteiger partial charge in [-0.15, -0.1) is 0 Å². The van der Waals surface area contributed by atoms with Crippen LogP contribution in [0.5, 0.6) is 11.5 Å². The standard InChI is InChI=1S/C21H21ClFN5O3/c1-30-18-10-14-17(11-19(18)31-2)24-12-25-20(14)27-5-7-28(8-6-27)21(29)26-13-3-4-16(23)15(22)9-13/h3-4,9-12H,5-8H2,1-2H3,(H,26,29). The number of hydrogen-bond acceptors (Lipinski definition) is 6. The number of rotatable bonds is 4. The van der Waals surface area contributed by atoms with E-state index in [1.54, 1.807) is 19.1 Å². The Bertz CT molecular complexity index is 1120. The number of urea groups is 1. The van der Waals surface area contributed by atoms with E-state index in [1.165, 1.54) is 24.5 Å². The van der Waals surface area contributed by atoms with Gasteiger partial charge in [-0.2, -0.15) is 0 Å². The van der Waals surface area contributed by atoms with Crippen LogP contribution >= 0.6 is 11.6 Å². The zero-order valence-corrected chi connectivity index (χ0v) is 17.8. The number of halogens is 2. The van der Waals surface area contributed by atoms with E-state index < -0.39 is 5.82 Å². The number of nitrogens with one attached hydrogen (secondary N) is 1. The minimum Gasteiger partial charge on any atom is -0.493 e. The predicted molar refractivity (Wildman–Crippen MR) is 117 cm³/mol. The minimum atomic E-state index is -0.528. The molecule has 0 aliphatic carbocycles. The SMILES string of the molecule is COc1cc2ncnc(N3CCN(C(=O)Nc4ccc(F)c(Cl)c4)CC3)c2cc1OC. The van der Waals surface area contributed by atoms with Crippen LogP contribution < -0.4 is 19.7 Å². The van der Waals surface area contributed by atoms with Crippen LogP contribution in [0.1, 0.15) is 0 Å². The summed E-state index contributed by atoms with van der Waals surface area (Å²) in [7, 11) is 3.16. The van der Waals surface area contributed by atoms with Crippen LogP contribution in [0.2, 0.25) is 5.02 Å². The molecule has 0 unspecified atom stereocenters. The van der Waals surface area contributed by atoms with Gasteiger partial charge in [0.15, 0.2) is 11.5 Å². The van der Waals surface area contributed by atoms with E-state index in [4.69, 9.17) is 21.1 Å². The van der Waals surface area contributed by atoms with Gasteiger partial charge in [0, 0.05) is 43.3 Å². The summed E-state index contributed by atoms with van der Waals surface area (Å²) in [4.78, 5) is 25.2. The average Bonchev–Trinajstić information content (AvgIpc) is 2.80. The molecule has 0 saturated carbocycles. The zero-order valence-electron chi connectivity index (χ0n) is 17.1. The number of fused-ring (bicyclic) bond motifs is 1. The van der Waals surface area contributed by atoms with Gasteiger partial charge in [0.1, 0.15) is 18.0 Å². The predicted octanol–water partition coefficient (Wildman–Crippen LogP) is 3.79. The van der Waals surface area contributed by atoms with Gasteiger partial charge in [-0.3, -0.25) is 0 Å². The molecule has 4 rings (SSSR count). The average molecular weight is 446 g/mol. The van der Waals surface area contributed by atoms with Crippen molar-refractivity contribution in [3.8, 4) is 11.5 Å². The summed E-state index contributed by atoms with van der Waals surface area (Å²) in [5.74, 6) is 1.44. The molecule has 2 aromatic carbocycles. The molecule has 0 atom stereocenters. The molecule has 31 heavy (non-hydrogen) atoms. The van der Waals surface area contributed by atoms with E-state index in [0.29, 0.717) is 43.4 Å². The number of aromatic nitrogens is 2. The van der Waals surface area contributed by atoms with Crippen molar-refractivity contribution in [1.82, 2.24) is 14.9 Å². The van der Waals surface area contributed by atoms with Crippen LogP contribution in [0, 0.1) is 5.82 Å². The fourth-order valence-corrected chi connectivity index (χ4v) is 3.70. The molecule has 0 radical (unpaired) electrons. The summed E-state index contributed by atoms with van der Waals surface area (Å²) in [5, 5.41) is 3.56. The van der Waals surface area contributed by atoms with Gasteiger partial charge in [0.25, 0.3) is 0 Å². The van der Waals surface area contributed by atoms with Crippen LogP contribution in [0.3, 0.4) is 0 Å². The number of methoxy groups -OCH3 is 2. The summed E-state index contributed by atoms with van der Waals surface area (Å²) in [6, 6.07) is 7.50. The second kappa shape index (κ2) is 8.81. The molecular weight excluding hydrogens is 425 g/mol. The summed E-state index contributed by atoms with van der Waals surface area (Å²) in [6.07, 6.45) is 1.51. The molecule has 1 N–H and O–H groups in total. The highest BCUT2D eigenvalue weighted by Crippen LogP contribution is 2.35. The lowest BCUT2D eigenvalue weighted by Gasteiger charge is -2.35. The number of piperazine rings is 1. The van der Waals surface area contributed by atoms with Crippen molar-refractivity contribution in [2.75, 3.05) is 50.6 Å². The Morgan fingerprint density at radius 3 is 2.45 bits per heavy atom. The maximum Gasteiger partial charge on any atom is 0.321 e. The number of benzene rings is 2. The van der Waals surface area contributed by atoms with Gasteiger partial charge >= 0.3 is 6.03 Å². The molecule has 1 aliphatic rings. The summed E-state index contributed by atoms with van der Waals surface area (Å²) < 4.78 is 24.1. The molecule has 8 nitrogen and oxygen atoms in total. The molecule has 1 fully saturated rings.